The van der Waals surface area contributed by atoms with Gasteiger partial charge in [-0.1, -0.05) is 89.9 Å². The Labute approximate surface area is 327 Å². The van der Waals surface area contributed by atoms with Crippen LogP contribution in [0.2, 0.25) is 10.0 Å². The lowest BCUT2D eigenvalue weighted by molar-refractivity contribution is -0.138. The molecule has 55 heavy (non-hydrogen) atoms. The molecule has 5 aromatic carbocycles. The Hall–Kier alpha value is -5.58. The third kappa shape index (κ3) is 9.04. The molecule has 0 heterocycles. The summed E-state index contributed by atoms with van der Waals surface area (Å²) in [4.78, 5) is 49.4. The number of benzene rings is 5. The molecule has 0 amide bonds. The van der Waals surface area contributed by atoms with E-state index in [-0.39, 0.29) is 52.1 Å². The fourth-order valence-corrected chi connectivity index (χ4v) is 7.35. The topological polar surface area (TPSA) is 159 Å². The zero-order valence-electron chi connectivity index (χ0n) is 30.1. The van der Waals surface area contributed by atoms with Gasteiger partial charge in [-0.15, -0.1) is 0 Å². The maximum absolute atomic E-state index is 13.3. The monoisotopic (exact) mass is 783 g/mol. The van der Waals surface area contributed by atoms with Gasteiger partial charge in [-0.2, -0.15) is 0 Å². The number of phenols is 1. The van der Waals surface area contributed by atoms with Gasteiger partial charge in [0.2, 0.25) is 0 Å². The number of phenolic OH excluding ortho intramolecular Hbond substituents is 1. The fourth-order valence-electron chi connectivity index (χ4n) is 6.78. The van der Waals surface area contributed by atoms with Crippen LogP contribution >= 0.6 is 23.2 Å². The van der Waals surface area contributed by atoms with Gasteiger partial charge in [0.15, 0.2) is 11.5 Å². The van der Waals surface area contributed by atoms with Gasteiger partial charge in [0.1, 0.15) is 16.6 Å². The molecule has 0 radical (unpaired) electrons. The Morgan fingerprint density at radius 3 is 2.24 bits per heavy atom. The Kier molecular flexibility index (Phi) is 12.0. The zero-order valence-corrected chi connectivity index (χ0v) is 31.6. The normalized spacial score (nSPS) is 16.4. The average molecular weight is 785 g/mol. The van der Waals surface area contributed by atoms with Crippen LogP contribution in [0.5, 0.6) is 17.2 Å². The maximum atomic E-state index is 13.3. The Morgan fingerprint density at radius 2 is 1.51 bits per heavy atom. The molecule has 10 nitrogen and oxygen atoms in total. The second-order valence-electron chi connectivity index (χ2n) is 13.8. The summed E-state index contributed by atoms with van der Waals surface area (Å²) in [5.74, 6) is -4.23. The summed E-state index contributed by atoms with van der Waals surface area (Å²) in [5.41, 5.74) is 3.38. The van der Waals surface area contributed by atoms with Crippen molar-refractivity contribution in [2.75, 3.05) is 11.9 Å². The van der Waals surface area contributed by atoms with E-state index in [1.807, 2.05) is 60.7 Å². The van der Waals surface area contributed by atoms with Crippen molar-refractivity contribution in [1.82, 2.24) is 0 Å². The molecule has 1 saturated carbocycles. The summed E-state index contributed by atoms with van der Waals surface area (Å²) in [7, 11) is 0. The molecule has 5 aromatic rings. The first-order valence-corrected chi connectivity index (χ1v) is 18.6. The smallest absolute Gasteiger partial charge is 0.318 e. The van der Waals surface area contributed by atoms with Crippen molar-refractivity contribution in [3.8, 4) is 17.2 Å². The lowest BCUT2D eigenvalue weighted by atomic mass is 9.93. The molecule has 6 rings (SSSR count). The largest absolute Gasteiger partial charge is 0.504 e. The highest BCUT2D eigenvalue weighted by Gasteiger charge is 2.34. The van der Waals surface area contributed by atoms with Crippen LogP contribution in [0, 0.1) is 11.8 Å². The third-order valence-electron chi connectivity index (χ3n) is 10.1. The number of para-hydroxylation sites is 1. The number of carboxylic acids is 2. The van der Waals surface area contributed by atoms with Gasteiger partial charge < -0.3 is 30.1 Å². The molecule has 284 valence electrons. The van der Waals surface area contributed by atoms with Crippen molar-refractivity contribution in [2.45, 2.75) is 51.4 Å². The fraction of sp³-hybridized carbons (Fsp3) is 0.256. The predicted octanol–water partition coefficient (Wildman–Crippen LogP) is 9.34. The lowest BCUT2D eigenvalue weighted by Crippen LogP contribution is -2.21. The number of ketones is 1. The van der Waals surface area contributed by atoms with Gasteiger partial charge in [-0.3, -0.25) is 19.2 Å². The number of carbonyl (C=O) groups excluding carboxylic acids is 2. The molecule has 0 aromatic heterocycles. The Bertz CT molecular complexity index is 2270. The van der Waals surface area contributed by atoms with E-state index in [0.29, 0.717) is 29.0 Å². The quantitative estimate of drug-likeness (QED) is 0.0486. The van der Waals surface area contributed by atoms with E-state index < -0.39 is 35.5 Å². The molecule has 1 aliphatic carbocycles. The summed E-state index contributed by atoms with van der Waals surface area (Å²) >= 11 is 13.0. The van der Waals surface area contributed by atoms with E-state index in [2.05, 4.69) is 5.32 Å². The van der Waals surface area contributed by atoms with E-state index in [1.54, 1.807) is 38.1 Å². The van der Waals surface area contributed by atoms with Crippen molar-refractivity contribution in [2.24, 2.45) is 11.8 Å². The summed E-state index contributed by atoms with van der Waals surface area (Å²) in [6, 6.07) is 26.5. The predicted molar refractivity (Wildman–Crippen MR) is 210 cm³/mol. The molecule has 0 aliphatic heterocycles. The van der Waals surface area contributed by atoms with E-state index in [0.717, 1.165) is 34.7 Å². The minimum Gasteiger partial charge on any atom is -0.504 e. The summed E-state index contributed by atoms with van der Waals surface area (Å²) in [5, 5.41) is 34.0. The van der Waals surface area contributed by atoms with E-state index >= 15 is 0 Å². The Balaban J connectivity index is 1.04. The van der Waals surface area contributed by atoms with Gasteiger partial charge in [0, 0.05) is 17.7 Å². The molecular formula is C43H39Cl2NO9. The average Bonchev–Trinajstić information content (AvgIpc) is 3.51. The Morgan fingerprint density at radius 1 is 0.836 bits per heavy atom. The number of esters is 1. The summed E-state index contributed by atoms with van der Waals surface area (Å²) < 4.78 is 11.6. The molecular weight excluding hydrogens is 745 g/mol. The van der Waals surface area contributed by atoms with Gasteiger partial charge in [0.05, 0.1) is 41.5 Å². The number of hydrogen-bond donors (Lipinski definition) is 4. The van der Waals surface area contributed by atoms with E-state index in [9.17, 15) is 34.5 Å². The first-order chi connectivity index (χ1) is 26.3. The van der Waals surface area contributed by atoms with Crippen molar-refractivity contribution in [3.63, 3.8) is 0 Å². The van der Waals surface area contributed by atoms with Crippen LogP contribution in [-0.2, 0) is 32.0 Å². The molecule has 1 fully saturated rings. The highest BCUT2D eigenvalue weighted by atomic mass is 35.5. The van der Waals surface area contributed by atoms with Crippen LogP contribution in [0.25, 0.3) is 10.8 Å². The number of carbonyl (C=O) groups is 4. The number of aromatic hydroxyl groups is 1. The molecule has 3 unspecified atom stereocenters. The zero-order chi connectivity index (χ0) is 39.4. The van der Waals surface area contributed by atoms with Crippen LogP contribution in [0.15, 0.2) is 91.0 Å². The minimum absolute atomic E-state index is 0.0332. The maximum Gasteiger partial charge on any atom is 0.318 e. The number of carboxylic acid groups (broad SMARTS) is 2. The standard InChI is InChI=1S/C43H39Cl2NO9/c1-23(42(51)52)27-11-12-29-19-33(16-15-28(29)18-27)54-22-32-14-13-31(40(32)50)17-25-7-9-26(10-8-25)24(2)43(53)55-41-36(47)21-34(44)39(38(41)45)46-35-6-4-3-5-30(35)20-37(48)49/h3-12,15-16,18-19,21,23-24,31-32,46-47H,13-14,17,20,22H2,1-2H3,(H,48,49)(H,51,52)/t23-,24?,31?,32?/m0/s1. The minimum atomic E-state index is -1.03. The number of nitrogens with one attached hydrogen (secondary N) is 1. The molecule has 4 atom stereocenters. The third-order valence-corrected chi connectivity index (χ3v) is 10.8. The van der Waals surface area contributed by atoms with Gasteiger partial charge in [0.25, 0.3) is 0 Å². The highest BCUT2D eigenvalue weighted by Crippen LogP contribution is 2.46. The first kappa shape index (κ1) is 39.1. The summed E-state index contributed by atoms with van der Waals surface area (Å²) in [6.45, 7) is 3.59. The number of hydrogen-bond acceptors (Lipinski definition) is 8. The molecule has 0 spiro atoms. The second-order valence-corrected chi connectivity index (χ2v) is 14.6. The van der Waals surface area contributed by atoms with Crippen molar-refractivity contribution < 1.29 is 44.0 Å². The number of anilines is 2. The van der Waals surface area contributed by atoms with Crippen LogP contribution < -0.4 is 14.8 Å². The second kappa shape index (κ2) is 16.8. The number of ether oxygens (including phenoxy) is 2. The molecule has 12 heteroatoms. The number of aliphatic carboxylic acids is 2. The van der Waals surface area contributed by atoms with Gasteiger partial charge >= 0.3 is 17.9 Å². The van der Waals surface area contributed by atoms with Crippen molar-refractivity contribution >= 4 is 69.0 Å². The molecule has 0 bridgehead atoms. The van der Waals surface area contributed by atoms with Crippen LogP contribution in [-0.4, -0.2) is 45.6 Å². The molecule has 0 saturated heterocycles. The number of rotatable bonds is 14. The van der Waals surface area contributed by atoms with Gasteiger partial charge in [-0.05, 0) is 84.3 Å². The van der Waals surface area contributed by atoms with Gasteiger partial charge in [-0.25, -0.2) is 0 Å². The number of fused-ring (bicyclic) bond motifs is 1. The first-order valence-electron chi connectivity index (χ1n) is 17.8. The van der Waals surface area contributed by atoms with E-state index in [1.165, 1.54) is 6.07 Å². The molecule has 1 aliphatic rings. The molecule has 4 N–H and O–H groups in total. The van der Waals surface area contributed by atoms with Crippen LogP contribution in [0.1, 0.15) is 60.8 Å². The van der Waals surface area contributed by atoms with Crippen molar-refractivity contribution in [1.29, 1.82) is 0 Å². The lowest BCUT2D eigenvalue weighted by Gasteiger charge is -2.18. The number of Topliss-reactive ketones (excluding diaryl/α,β-unsaturated/α-hetero) is 1. The number of halogens is 2. The van der Waals surface area contributed by atoms with E-state index in [4.69, 9.17) is 32.7 Å². The summed E-state index contributed by atoms with van der Waals surface area (Å²) in [6.07, 6.45) is 1.77. The van der Waals surface area contributed by atoms with Crippen LogP contribution in [0.3, 0.4) is 0 Å². The highest BCUT2D eigenvalue weighted by molar-refractivity contribution is 6.40. The van der Waals surface area contributed by atoms with Crippen LogP contribution in [0.4, 0.5) is 11.4 Å². The SMILES string of the molecule is CC(C(=O)Oc1c(O)cc(Cl)c(Nc2ccccc2CC(=O)O)c1Cl)c1ccc(CC2CCC(COc3ccc4cc([C@H](C)C(=O)O)ccc4c3)C2=O)cc1. The van der Waals surface area contributed by atoms with Crippen molar-refractivity contribution in [3.05, 3.63) is 123 Å².